The number of rotatable bonds is 6. The van der Waals surface area contributed by atoms with Crippen molar-refractivity contribution in [3.8, 4) is 11.8 Å². The van der Waals surface area contributed by atoms with Crippen molar-refractivity contribution in [2.45, 2.75) is 44.8 Å². The molecule has 10 nitrogen and oxygen atoms in total. The van der Waals surface area contributed by atoms with Crippen LogP contribution in [-0.2, 0) is 26.5 Å². The summed E-state index contributed by atoms with van der Waals surface area (Å²) in [6, 6.07) is 7.35. The van der Waals surface area contributed by atoms with Crippen LogP contribution in [-0.4, -0.2) is 39.4 Å². The van der Waals surface area contributed by atoms with Crippen LogP contribution in [0.25, 0.3) is 11.0 Å². The molecule has 10 heteroatoms. The lowest BCUT2D eigenvalue weighted by molar-refractivity contribution is -0.125. The predicted molar refractivity (Wildman–Crippen MR) is 133 cm³/mol. The highest BCUT2D eigenvalue weighted by Crippen LogP contribution is 2.47. The number of nitrogens with zero attached hydrogens (tertiary/aromatic N) is 3. The van der Waals surface area contributed by atoms with E-state index in [2.05, 4.69) is 39.4 Å². The Balaban J connectivity index is 1.57. The number of hydrogen-bond acceptors (Lipinski definition) is 7. The number of fused-ring (bicyclic) bond motifs is 1. The fourth-order valence-electron chi connectivity index (χ4n) is 4.48. The average Bonchev–Trinajstić information content (AvgIpc) is 3.35. The van der Waals surface area contributed by atoms with Crippen molar-refractivity contribution in [1.82, 2.24) is 19.9 Å². The largest absolute Gasteiger partial charge is 0.383 e. The van der Waals surface area contributed by atoms with E-state index in [0.717, 1.165) is 18.4 Å². The van der Waals surface area contributed by atoms with E-state index < -0.39 is 5.92 Å². The molecule has 1 aliphatic heterocycles. The van der Waals surface area contributed by atoms with Crippen LogP contribution in [0.15, 0.2) is 30.6 Å². The minimum Gasteiger partial charge on any atom is -0.383 e. The second-order valence-corrected chi connectivity index (χ2v) is 9.42. The van der Waals surface area contributed by atoms with Gasteiger partial charge < -0.3 is 20.4 Å². The number of amides is 3. The molecule has 2 aliphatic rings. The summed E-state index contributed by atoms with van der Waals surface area (Å²) in [4.78, 5) is 45.8. The van der Waals surface area contributed by atoms with Crippen LogP contribution in [0.5, 0.6) is 0 Å². The van der Waals surface area contributed by atoms with Gasteiger partial charge in [-0.1, -0.05) is 18.1 Å². The molecule has 1 aliphatic carbocycles. The summed E-state index contributed by atoms with van der Waals surface area (Å²) >= 11 is 0. The van der Waals surface area contributed by atoms with Crippen molar-refractivity contribution < 1.29 is 19.1 Å². The van der Waals surface area contributed by atoms with E-state index in [1.54, 1.807) is 19.2 Å². The number of anilines is 2. The molecule has 2 fully saturated rings. The molecule has 1 unspecified atom stereocenters. The fourth-order valence-corrected chi connectivity index (χ4v) is 4.48. The van der Waals surface area contributed by atoms with Gasteiger partial charge in [0.2, 0.25) is 11.8 Å². The van der Waals surface area contributed by atoms with E-state index in [0.29, 0.717) is 29.0 Å². The molecular weight excluding hydrogens is 460 g/mol. The quantitative estimate of drug-likeness (QED) is 0.359. The van der Waals surface area contributed by atoms with Crippen LogP contribution in [0.2, 0.25) is 0 Å². The molecule has 1 aromatic carbocycles. The fraction of sp³-hybridized carbons (Fsp3) is 0.346. The van der Waals surface area contributed by atoms with E-state index in [-0.39, 0.29) is 47.5 Å². The molecule has 3 aromatic rings. The Hall–Kier alpha value is -4.23. The maximum Gasteiger partial charge on any atom is 0.259 e. The van der Waals surface area contributed by atoms with Crippen molar-refractivity contribution in [2.24, 2.45) is 5.92 Å². The SMILES string of the molecule is COCc1ccc(NC(=O)c2c(C#CCC3CC(=O)NC3=O)n(C3(C)CC3)c3ncnc(N)c23)cc1. The molecule has 2 aromatic heterocycles. The molecule has 1 saturated heterocycles. The molecule has 184 valence electrons. The van der Waals surface area contributed by atoms with E-state index in [4.69, 9.17) is 10.5 Å². The number of aromatic nitrogens is 3. The van der Waals surface area contributed by atoms with Crippen molar-refractivity contribution in [3.05, 3.63) is 47.4 Å². The van der Waals surface area contributed by atoms with Gasteiger partial charge in [0.05, 0.1) is 23.5 Å². The molecule has 0 spiro atoms. The van der Waals surface area contributed by atoms with E-state index >= 15 is 0 Å². The minimum absolute atomic E-state index is 0.110. The van der Waals surface area contributed by atoms with Crippen LogP contribution in [0.4, 0.5) is 11.5 Å². The van der Waals surface area contributed by atoms with Gasteiger partial charge in [0, 0.05) is 31.2 Å². The molecule has 3 amide bonds. The van der Waals surface area contributed by atoms with E-state index in [9.17, 15) is 14.4 Å². The van der Waals surface area contributed by atoms with Crippen molar-refractivity contribution in [2.75, 3.05) is 18.2 Å². The molecular formula is C26H26N6O4. The third-order valence-electron chi connectivity index (χ3n) is 6.66. The Labute approximate surface area is 207 Å². The van der Waals surface area contributed by atoms with Gasteiger partial charge in [-0.05, 0) is 43.4 Å². The first-order chi connectivity index (χ1) is 17.3. The second kappa shape index (κ2) is 9.09. The topological polar surface area (TPSA) is 141 Å². The predicted octanol–water partition coefficient (Wildman–Crippen LogP) is 2.33. The summed E-state index contributed by atoms with van der Waals surface area (Å²) in [7, 11) is 1.62. The highest BCUT2D eigenvalue weighted by Gasteiger charge is 2.44. The summed E-state index contributed by atoms with van der Waals surface area (Å²) in [5.74, 6) is 4.82. The lowest BCUT2D eigenvalue weighted by Crippen LogP contribution is -2.21. The van der Waals surface area contributed by atoms with Crippen LogP contribution >= 0.6 is 0 Å². The Morgan fingerprint density at radius 2 is 2.03 bits per heavy atom. The Kier molecular flexibility index (Phi) is 5.94. The number of carbonyl (C=O) groups excluding carboxylic acids is 3. The van der Waals surface area contributed by atoms with Crippen molar-refractivity contribution in [3.63, 3.8) is 0 Å². The molecule has 0 bridgehead atoms. The van der Waals surface area contributed by atoms with Crippen LogP contribution in [0.3, 0.4) is 0 Å². The lowest BCUT2D eigenvalue weighted by Gasteiger charge is -2.14. The standard InChI is InChI=1S/C26H26N6O4/c1-26(10-11-26)32-18(5-3-4-16-12-19(33)31-24(16)34)20(21-22(27)28-14-29-23(21)32)25(35)30-17-8-6-15(7-9-17)13-36-2/h6-9,14,16H,4,10-13H2,1-2H3,(H,30,35)(H2,27,28,29)(H,31,33,34). The number of nitrogens with two attached hydrogens (primary N) is 1. The van der Waals surface area contributed by atoms with E-state index in [1.165, 1.54) is 6.33 Å². The zero-order valence-corrected chi connectivity index (χ0v) is 20.1. The number of nitrogen functional groups attached to an aromatic ring is 1. The smallest absolute Gasteiger partial charge is 0.259 e. The minimum atomic E-state index is -0.507. The van der Waals surface area contributed by atoms with Crippen LogP contribution < -0.4 is 16.4 Å². The number of methoxy groups -OCH3 is 1. The molecule has 3 heterocycles. The van der Waals surface area contributed by atoms with Crippen LogP contribution in [0.1, 0.15) is 54.2 Å². The molecule has 1 atom stereocenters. The highest BCUT2D eigenvalue weighted by atomic mass is 16.5. The zero-order chi connectivity index (χ0) is 25.4. The maximum absolute atomic E-state index is 13.7. The van der Waals surface area contributed by atoms with Gasteiger partial charge in [-0.15, -0.1) is 0 Å². The van der Waals surface area contributed by atoms with Gasteiger partial charge >= 0.3 is 0 Å². The third-order valence-corrected chi connectivity index (χ3v) is 6.66. The first-order valence-electron chi connectivity index (χ1n) is 11.7. The van der Waals surface area contributed by atoms with Gasteiger partial charge in [0.15, 0.2) is 0 Å². The number of hydrogen-bond donors (Lipinski definition) is 3. The Morgan fingerprint density at radius 1 is 1.28 bits per heavy atom. The summed E-state index contributed by atoms with van der Waals surface area (Å²) in [6.45, 7) is 2.55. The Bertz CT molecular complexity index is 1440. The maximum atomic E-state index is 13.7. The van der Waals surface area contributed by atoms with Crippen molar-refractivity contribution >= 4 is 40.3 Å². The molecule has 1 saturated carbocycles. The monoisotopic (exact) mass is 486 g/mol. The molecule has 4 N–H and O–H groups in total. The molecule has 36 heavy (non-hydrogen) atoms. The van der Waals surface area contributed by atoms with Gasteiger partial charge in [-0.3, -0.25) is 19.7 Å². The summed E-state index contributed by atoms with van der Waals surface area (Å²) in [5.41, 5.74) is 8.88. The average molecular weight is 487 g/mol. The van der Waals surface area contributed by atoms with Gasteiger partial charge in [-0.25, -0.2) is 9.97 Å². The molecule has 5 rings (SSSR count). The van der Waals surface area contributed by atoms with Gasteiger partial charge in [0.1, 0.15) is 23.5 Å². The van der Waals surface area contributed by atoms with E-state index in [1.807, 2.05) is 16.7 Å². The number of ether oxygens (including phenoxy) is 1. The zero-order valence-electron chi connectivity index (χ0n) is 20.1. The normalized spacial score (nSPS) is 18.0. The van der Waals surface area contributed by atoms with Crippen molar-refractivity contribution in [1.29, 1.82) is 0 Å². The first-order valence-corrected chi connectivity index (χ1v) is 11.7. The summed E-state index contributed by atoms with van der Waals surface area (Å²) in [5, 5.41) is 5.68. The highest BCUT2D eigenvalue weighted by molar-refractivity contribution is 6.16. The Morgan fingerprint density at radius 3 is 2.67 bits per heavy atom. The second-order valence-electron chi connectivity index (χ2n) is 9.42. The van der Waals surface area contributed by atoms with Gasteiger partial charge in [0.25, 0.3) is 5.91 Å². The summed E-state index contributed by atoms with van der Waals surface area (Å²) in [6.07, 6.45) is 3.48. The first kappa shape index (κ1) is 23.5. The summed E-state index contributed by atoms with van der Waals surface area (Å²) < 4.78 is 7.11. The van der Waals surface area contributed by atoms with Crippen LogP contribution in [0, 0.1) is 17.8 Å². The number of imide groups is 1. The lowest BCUT2D eigenvalue weighted by atomic mass is 10.0. The third kappa shape index (κ3) is 4.29. The number of benzene rings is 1. The molecule has 0 radical (unpaired) electrons. The number of carbonyl (C=O) groups is 3. The van der Waals surface area contributed by atoms with Gasteiger partial charge in [-0.2, -0.15) is 0 Å². The number of nitrogens with one attached hydrogen (secondary N) is 2.